The number of thiophene rings is 1. The van der Waals surface area contributed by atoms with Gasteiger partial charge in [-0.15, -0.1) is 0 Å². The summed E-state index contributed by atoms with van der Waals surface area (Å²) in [5.74, 6) is 0. The Kier molecular flexibility index (Phi) is 4.45. The second-order valence-electron chi connectivity index (χ2n) is 4.75. The van der Waals surface area contributed by atoms with Gasteiger partial charge >= 0.3 is 0 Å². The maximum atomic E-state index is 6.40. The highest BCUT2D eigenvalue weighted by atomic mass is 35.5. The first-order valence-electron chi connectivity index (χ1n) is 6.70. The molecule has 1 saturated heterocycles. The van der Waals surface area contributed by atoms with Gasteiger partial charge in [-0.1, -0.05) is 11.6 Å². The number of ether oxygens (including phenoxy) is 1. The summed E-state index contributed by atoms with van der Waals surface area (Å²) in [7, 11) is 0. The summed E-state index contributed by atoms with van der Waals surface area (Å²) in [5.41, 5.74) is 3.44. The van der Waals surface area contributed by atoms with Crippen molar-refractivity contribution in [2.45, 2.75) is 6.54 Å². The van der Waals surface area contributed by atoms with Gasteiger partial charge in [-0.25, -0.2) is 0 Å². The fourth-order valence-corrected chi connectivity index (χ4v) is 3.24. The van der Waals surface area contributed by atoms with E-state index >= 15 is 0 Å². The highest BCUT2D eigenvalue weighted by Crippen LogP contribution is 2.29. The molecular weight excluding hydrogens is 292 g/mol. The molecule has 0 bridgehead atoms. The molecule has 0 spiro atoms. The van der Waals surface area contributed by atoms with E-state index in [1.807, 2.05) is 6.07 Å². The zero-order chi connectivity index (χ0) is 13.8. The number of halogens is 1. The Balaban J connectivity index is 1.67. The van der Waals surface area contributed by atoms with Gasteiger partial charge in [-0.2, -0.15) is 11.3 Å². The molecule has 106 valence electrons. The van der Waals surface area contributed by atoms with Gasteiger partial charge in [0.15, 0.2) is 0 Å². The topological polar surface area (TPSA) is 24.5 Å². The molecule has 0 saturated carbocycles. The predicted molar refractivity (Wildman–Crippen MR) is 86.1 cm³/mol. The molecule has 0 aliphatic carbocycles. The van der Waals surface area contributed by atoms with Gasteiger partial charge in [0.25, 0.3) is 0 Å². The molecule has 1 N–H and O–H groups in total. The summed E-state index contributed by atoms with van der Waals surface area (Å²) in [5, 5.41) is 8.43. The van der Waals surface area contributed by atoms with Crippen molar-refractivity contribution < 1.29 is 4.74 Å². The van der Waals surface area contributed by atoms with Crippen molar-refractivity contribution in [1.29, 1.82) is 0 Å². The lowest BCUT2D eigenvalue weighted by atomic mass is 10.2. The quantitative estimate of drug-likeness (QED) is 0.928. The number of hydrogen-bond acceptors (Lipinski definition) is 4. The van der Waals surface area contributed by atoms with E-state index in [0.29, 0.717) is 0 Å². The number of hydrogen-bond donors (Lipinski definition) is 1. The predicted octanol–water partition coefficient (Wildman–Crippen LogP) is 3.85. The largest absolute Gasteiger partial charge is 0.381 e. The molecule has 0 amide bonds. The first-order valence-corrected chi connectivity index (χ1v) is 8.02. The van der Waals surface area contributed by atoms with Gasteiger partial charge in [-0.05, 0) is 40.6 Å². The van der Waals surface area contributed by atoms with Gasteiger partial charge in [0.05, 0.1) is 23.9 Å². The average Bonchev–Trinajstić information content (AvgIpc) is 2.99. The third-order valence-electron chi connectivity index (χ3n) is 3.38. The molecule has 1 aromatic carbocycles. The van der Waals surface area contributed by atoms with Crippen molar-refractivity contribution >= 4 is 34.3 Å². The Hall–Kier alpha value is -1.23. The molecule has 1 aromatic heterocycles. The lowest BCUT2D eigenvalue weighted by Gasteiger charge is -2.29. The number of nitrogens with one attached hydrogen (secondary N) is 1. The summed E-state index contributed by atoms with van der Waals surface area (Å²) in [4.78, 5) is 2.27. The molecule has 1 aliphatic rings. The molecule has 0 radical (unpaired) electrons. The lowest BCUT2D eigenvalue weighted by Crippen LogP contribution is -2.36. The number of rotatable bonds is 4. The Bertz CT molecular complexity index is 553. The SMILES string of the molecule is Clc1cc(NCc2ccsc2)ccc1N1CCOCC1. The van der Waals surface area contributed by atoms with Crippen LogP contribution in [0.15, 0.2) is 35.0 Å². The summed E-state index contributed by atoms with van der Waals surface area (Å²) in [6, 6.07) is 8.30. The van der Waals surface area contributed by atoms with Crippen LogP contribution in [-0.2, 0) is 11.3 Å². The van der Waals surface area contributed by atoms with Crippen molar-refractivity contribution in [3.63, 3.8) is 0 Å². The van der Waals surface area contributed by atoms with Gasteiger partial charge in [0, 0.05) is 25.3 Å². The van der Waals surface area contributed by atoms with Crippen molar-refractivity contribution in [1.82, 2.24) is 0 Å². The zero-order valence-corrected chi connectivity index (χ0v) is 12.7. The molecule has 2 heterocycles. The fourth-order valence-electron chi connectivity index (χ4n) is 2.27. The van der Waals surface area contributed by atoms with Crippen LogP contribution >= 0.6 is 22.9 Å². The van der Waals surface area contributed by atoms with E-state index in [1.165, 1.54) is 5.56 Å². The minimum Gasteiger partial charge on any atom is -0.381 e. The Morgan fingerprint density at radius 1 is 1.25 bits per heavy atom. The maximum Gasteiger partial charge on any atom is 0.0660 e. The van der Waals surface area contributed by atoms with Crippen molar-refractivity contribution in [3.05, 3.63) is 45.6 Å². The van der Waals surface area contributed by atoms with E-state index in [-0.39, 0.29) is 0 Å². The first kappa shape index (κ1) is 13.7. The van der Waals surface area contributed by atoms with E-state index in [4.69, 9.17) is 16.3 Å². The fraction of sp³-hybridized carbons (Fsp3) is 0.333. The van der Waals surface area contributed by atoms with Crippen LogP contribution < -0.4 is 10.2 Å². The van der Waals surface area contributed by atoms with Crippen LogP contribution in [0, 0.1) is 0 Å². The molecule has 1 fully saturated rings. The van der Waals surface area contributed by atoms with Gasteiger partial charge in [0.2, 0.25) is 0 Å². The van der Waals surface area contributed by atoms with Gasteiger partial charge in [-0.3, -0.25) is 0 Å². The van der Waals surface area contributed by atoms with Crippen LogP contribution in [0.2, 0.25) is 5.02 Å². The van der Waals surface area contributed by atoms with Crippen LogP contribution in [-0.4, -0.2) is 26.3 Å². The molecule has 20 heavy (non-hydrogen) atoms. The zero-order valence-electron chi connectivity index (χ0n) is 11.1. The highest BCUT2D eigenvalue weighted by molar-refractivity contribution is 7.07. The standard InChI is InChI=1S/C15H17ClN2OS/c16-14-9-13(17-10-12-3-8-20-11-12)1-2-15(14)18-4-6-19-7-5-18/h1-3,8-9,11,17H,4-7,10H2. The Morgan fingerprint density at radius 2 is 2.10 bits per heavy atom. The van der Waals surface area contributed by atoms with Gasteiger partial charge < -0.3 is 15.0 Å². The second-order valence-corrected chi connectivity index (χ2v) is 5.94. The van der Waals surface area contributed by atoms with Crippen molar-refractivity contribution in [3.8, 4) is 0 Å². The van der Waals surface area contributed by atoms with Crippen LogP contribution in [0.4, 0.5) is 11.4 Å². The third-order valence-corrected chi connectivity index (χ3v) is 4.41. The van der Waals surface area contributed by atoms with Gasteiger partial charge in [0.1, 0.15) is 0 Å². The first-order chi connectivity index (χ1) is 9.83. The Labute approximate surface area is 128 Å². The van der Waals surface area contributed by atoms with E-state index in [0.717, 1.165) is 49.2 Å². The number of benzene rings is 1. The molecule has 0 atom stereocenters. The van der Waals surface area contributed by atoms with E-state index in [9.17, 15) is 0 Å². The van der Waals surface area contributed by atoms with Crippen LogP contribution in [0.1, 0.15) is 5.56 Å². The van der Waals surface area contributed by atoms with Crippen LogP contribution in [0.5, 0.6) is 0 Å². The summed E-state index contributed by atoms with van der Waals surface area (Å²) in [6.45, 7) is 4.18. The molecule has 1 aliphatic heterocycles. The molecule has 3 rings (SSSR count). The van der Waals surface area contributed by atoms with Crippen molar-refractivity contribution in [2.75, 3.05) is 36.5 Å². The summed E-state index contributed by atoms with van der Waals surface area (Å²) >= 11 is 8.12. The third kappa shape index (κ3) is 3.26. The highest BCUT2D eigenvalue weighted by Gasteiger charge is 2.14. The average molecular weight is 309 g/mol. The Morgan fingerprint density at radius 3 is 2.80 bits per heavy atom. The normalized spacial score (nSPS) is 15.3. The van der Waals surface area contributed by atoms with Crippen LogP contribution in [0.25, 0.3) is 0 Å². The number of nitrogens with zero attached hydrogens (tertiary/aromatic N) is 1. The number of anilines is 2. The molecular formula is C15H17ClN2OS. The van der Waals surface area contributed by atoms with E-state index in [1.54, 1.807) is 11.3 Å². The smallest absolute Gasteiger partial charge is 0.0660 e. The second kappa shape index (κ2) is 6.48. The van der Waals surface area contributed by atoms with E-state index < -0.39 is 0 Å². The lowest BCUT2D eigenvalue weighted by molar-refractivity contribution is 0.122. The molecule has 5 heteroatoms. The maximum absolute atomic E-state index is 6.40. The monoisotopic (exact) mass is 308 g/mol. The number of morpholine rings is 1. The molecule has 3 nitrogen and oxygen atoms in total. The van der Waals surface area contributed by atoms with E-state index in [2.05, 4.69) is 39.2 Å². The van der Waals surface area contributed by atoms with Crippen molar-refractivity contribution in [2.24, 2.45) is 0 Å². The summed E-state index contributed by atoms with van der Waals surface area (Å²) < 4.78 is 5.37. The molecule has 0 unspecified atom stereocenters. The minimum absolute atomic E-state index is 0.772. The molecule has 2 aromatic rings. The summed E-state index contributed by atoms with van der Waals surface area (Å²) in [6.07, 6.45) is 0. The minimum atomic E-state index is 0.772. The van der Waals surface area contributed by atoms with Crippen LogP contribution in [0.3, 0.4) is 0 Å².